The highest BCUT2D eigenvalue weighted by Gasteiger charge is 2.43. The van der Waals surface area contributed by atoms with Crippen molar-refractivity contribution in [1.29, 1.82) is 0 Å². The molecule has 164 valence electrons. The van der Waals surface area contributed by atoms with Crippen LogP contribution in [0.5, 0.6) is 0 Å². The topological polar surface area (TPSA) is 74.8 Å². The molecule has 7 heteroatoms. The van der Waals surface area contributed by atoms with E-state index < -0.39 is 32.5 Å². The summed E-state index contributed by atoms with van der Waals surface area (Å²) in [6.45, 7) is 8.13. The van der Waals surface area contributed by atoms with E-state index in [1.54, 1.807) is 36.9 Å². The fourth-order valence-electron chi connectivity index (χ4n) is 3.83. The minimum Gasteiger partial charge on any atom is -0.368 e. The summed E-state index contributed by atoms with van der Waals surface area (Å²) in [5.41, 5.74) is 1.14. The number of nitrogens with zero attached hydrogens (tertiary/aromatic N) is 2. The summed E-state index contributed by atoms with van der Waals surface area (Å²) in [7, 11) is -4.26. The number of rotatable bonds is 8. The second-order valence-electron chi connectivity index (χ2n) is 7.68. The molecule has 6 nitrogen and oxygen atoms in total. The van der Waals surface area contributed by atoms with Gasteiger partial charge in [-0.15, -0.1) is 0 Å². The average molecular weight is 441 g/mol. The van der Waals surface area contributed by atoms with Crippen LogP contribution in [0.2, 0.25) is 0 Å². The predicted octanol–water partition coefficient (Wildman–Crippen LogP) is 3.86. The van der Waals surface area contributed by atoms with Gasteiger partial charge in [-0.1, -0.05) is 54.6 Å². The summed E-state index contributed by atoms with van der Waals surface area (Å²) in [4.78, 5) is 28.1. The van der Waals surface area contributed by atoms with Crippen molar-refractivity contribution in [3.05, 3.63) is 81.9 Å². The molecule has 2 aromatic carbocycles. The predicted molar refractivity (Wildman–Crippen MR) is 121 cm³/mol. The molecule has 0 radical (unpaired) electrons. The van der Waals surface area contributed by atoms with Crippen molar-refractivity contribution in [2.45, 2.75) is 40.3 Å². The van der Waals surface area contributed by atoms with E-state index in [1.807, 2.05) is 44.2 Å². The molecule has 3 rings (SSSR count). The van der Waals surface area contributed by atoms with Gasteiger partial charge in [0.15, 0.2) is 4.91 Å². The van der Waals surface area contributed by atoms with E-state index in [1.165, 1.54) is 10.4 Å². The lowest BCUT2D eigenvalue weighted by Crippen LogP contribution is -2.43. The number of carbonyl (C=O) groups excluding carboxylic acids is 2. The second kappa shape index (κ2) is 9.16. The smallest absolute Gasteiger partial charge is 0.249 e. The third-order valence-electron chi connectivity index (χ3n) is 5.46. The molecule has 0 N–H and O–H groups in total. The van der Waals surface area contributed by atoms with Crippen LogP contribution in [0.4, 0.5) is 0 Å². The van der Waals surface area contributed by atoms with Crippen molar-refractivity contribution in [1.82, 2.24) is 9.21 Å². The van der Waals surface area contributed by atoms with Gasteiger partial charge in [0.05, 0.1) is 0 Å². The fourth-order valence-corrected chi connectivity index (χ4v) is 5.75. The Kier molecular flexibility index (Phi) is 6.77. The molecule has 0 heterocycles. The molecule has 0 unspecified atom stereocenters. The minimum absolute atomic E-state index is 0.0348. The van der Waals surface area contributed by atoms with Gasteiger partial charge in [-0.3, -0.25) is 9.59 Å². The Morgan fingerprint density at radius 1 is 0.806 bits per heavy atom. The van der Waals surface area contributed by atoms with E-state index in [-0.39, 0.29) is 23.4 Å². The van der Waals surface area contributed by atoms with Crippen LogP contribution in [0.25, 0.3) is 0 Å². The van der Waals surface area contributed by atoms with E-state index in [9.17, 15) is 18.0 Å². The Morgan fingerprint density at radius 3 is 1.84 bits per heavy atom. The molecule has 0 fully saturated rings. The van der Waals surface area contributed by atoms with Crippen LogP contribution in [0.1, 0.15) is 54.0 Å². The average Bonchev–Trinajstić information content (AvgIpc) is 2.76. The summed E-state index contributed by atoms with van der Waals surface area (Å²) in [6, 6.07) is 15.2. The minimum atomic E-state index is -4.26. The number of likely N-dealkylation sites (N-methyl/N-ethyl adjacent to an activating group) is 1. The number of allylic oxidation sites excluding steroid dienone is 2. The number of Topliss-reactive ketones (excluding diaryl/α,β-unsaturated/α-hetero) is 2. The lowest BCUT2D eigenvalue weighted by atomic mass is 9.92. The van der Waals surface area contributed by atoms with Crippen LogP contribution in [-0.2, 0) is 16.6 Å². The number of ketones is 2. The Hall–Kier alpha value is -2.77. The Morgan fingerprint density at radius 2 is 1.32 bits per heavy atom. The number of hydrogen-bond acceptors (Lipinski definition) is 5. The molecule has 0 aromatic heterocycles. The zero-order chi connectivity index (χ0) is 22.8. The number of fused-ring (bicyclic) bond motifs is 1. The summed E-state index contributed by atoms with van der Waals surface area (Å²) in [5.74, 6) is -1.06. The first-order valence-electron chi connectivity index (χ1n) is 10.5. The number of sulfonamides is 1. The summed E-state index contributed by atoms with van der Waals surface area (Å²) < 4.78 is 29.1. The molecule has 0 bridgehead atoms. The van der Waals surface area contributed by atoms with Gasteiger partial charge in [0.1, 0.15) is 5.70 Å². The quantitative estimate of drug-likeness (QED) is 0.623. The van der Waals surface area contributed by atoms with Crippen LogP contribution in [0.3, 0.4) is 0 Å². The van der Waals surface area contributed by atoms with Gasteiger partial charge in [-0.05, 0) is 33.3 Å². The van der Waals surface area contributed by atoms with E-state index in [0.29, 0.717) is 13.1 Å². The summed E-state index contributed by atoms with van der Waals surface area (Å²) in [6.07, 6.45) is 0. The van der Waals surface area contributed by atoms with Gasteiger partial charge < -0.3 is 4.90 Å². The highest BCUT2D eigenvalue weighted by Crippen LogP contribution is 2.34. The molecular formula is C24H28N2O4S. The Bertz CT molecular complexity index is 1120. The summed E-state index contributed by atoms with van der Waals surface area (Å²) >= 11 is 0. The van der Waals surface area contributed by atoms with E-state index in [0.717, 1.165) is 5.56 Å². The van der Waals surface area contributed by atoms with Crippen LogP contribution in [0, 0.1) is 0 Å². The standard InChI is InChI=1S/C24H28N2O4S/c1-5-25(6-2)21-22(27)19-14-10-11-15-20(19)23(28)24(21)31(29,30)26(17(3)4)16-18-12-8-7-9-13-18/h7-15,17H,5-6,16H2,1-4H3. The zero-order valence-electron chi connectivity index (χ0n) is 18.3. The molecule has 0 amide bonds. The SMILES string of the molecule is CCN(CC)C1=C(S(=O)(=O)N(Cc2ccccc2)C(C)C)C(=O)c2ccccc2C1=O. The monoisotopic (exact) mass is 440 g/mol. The van der Waals surface area contributed by atoms with Crippen molar-refractivity contribution >= 4 is 21.6 Å². The number of carbonyl (C=O) groups is 2. The largest absolute Gasteiger partial charge is 0.368 e. The third kappa shape index (κ3) is 4.20. The first-order valence-corrected chi connectivity index (χ1v) is 11.9. The maximum atomic E-state index is 13.9. The zero-order valence-corrected chi connectivity index (χ0v) is 19.1. The molecule has 1 aliphatic carbocycles. The van der Waals surface area contributed by atoms with Crippen LogP contribution in [0.15, 0.2) is 65.2 Å². The molecule has 0 atom stereocenters. The van der Waals surface area contributed by atoms with Gasteiger partial charge in [-0.2, -0.15) is 4.31 Å². The van der Waals surface area contributed by atoms with E-state index in [2.05, 4.69) is 0 Å². The third-order valence-corrected chi connectivity index (χ3v) is 7.52. The molecule has 0 saturated heterocycles. The molecule has 1 aliphatic rings. The van der Waals surface area contributed by atoms with E-state index in [4.69, 9.17) is 0 Å². The van der Waals surface area contributed by atoms with Gasteiger partial charge in [0.2, 0.25) is 21.6 Å². The highest BCUT2D eigenvalue weighted by molar-refractivity contribution is 7.94. The maximum absolute atomic E-state index is 13.9. The maximum Gasteiger partial charge on any atom is 0.249 e. The molecule has 0 aliphatic heterocycles. The Balaban J connectivity index is 2.23. The first kappa shape index (κ1) is 22.9. The lowest BCUT2D eigenvalue weighted by molar-refractivity contribution is 0.0948. The van der Waals surface area contributed by atoms with Gasteiger partial charge in [0.25, 0.3) is 0 Å². The lowest BCUT2D eigenvalue weighted by Gasteiger charge is -2.33. The van der Waals surface area contributed by atoms with Crippen molar-refractivity contribution in [3.63, 3.8) is 0 Å². The van der Waals surface area contributed by atoms with Gasteiger partial charge in [-0.25, -0.2) is 8.42 Å². The molecule has 0 spiro atoms. The van der Waals surface area contributed by atoms with Crippen molar-refractivity contribution < 1.29 is 18.0 Å². The van der Waals surface area contributed by atoms with Crippen molar-refractivity contribution in [3.8, 4) is 0 Å². The fraction of sp³-hybridized carbons (Fsp3) is 0.333. The molecule has 0 saturated carbocycles. The number of hydrogen-bond donors (Lipinski definition) is 0. The van der Waals surface area contributed by atoms with Crippen LogP contribution >= 0.6 is 0 Å². The first-order chi connectivity index (χ1) is 14.7. The molecule has 2 aromatic rings. The van der Waals surface area contributed by atoms with Gasteiger partial charge >= 0.3 is 0 Å². The van der Waals surface area contributed by atoms with E-state index >= 15 is 0 Å². The highest BCUT2D eigenvalue weighted by atomic mass is 32.2. The second-order valence-corrected chi connectivity index (χ2v) is 9.51. The normalized spacial score (nSPS) is 14.4. The van der Waals surface area contributed by atoms with Gasteiger partial charge in [0, 0.05) is 36.8 Å². The van der Waals surface area contributed by atoms with Crippen LogP contribution < -0.4 is 0 Å². The van der Waals surface area contributed by atoms with Crippen molar-refractivity contribution in [2.75, 3.05) is 13.1 Å². The van der Waals surface area contributed by atoms with Crippen molar-refractivity contribution in [2.24, 2.45) is 0 Å². The Labute approximate surface area is 184 Å². The number of benzene rings is 2. The molecule has 31 heavy (non-hydrogen) atoms. The summed E-state index contributed by atoms with van der Waals surface area (Å²) in [5, 5.41) is 0. The molecular weight excluding hydrogens is 412 g/mol. The van der Waals surface area contributed by atoms with Crippen LogP contribution in [-0.4, -0.2) is 48.3 Å².